The Hall–Kier alpha value is -3.21. The molecule has 0 aromatic heterocycles. The number of benzene rings is 3. The van der Waals surface area contributed by atoms with Gasteiger partial charge in [-0.15, -0.1) is 0 Å². The number of ether oxygens (including phenoxy) is 1. The topological polar surface area (TPSA) is 82.7 Å². The zero-order valence-corrected chi connectivity index (χ0v) is 20.3. The molecule has 0 aliphatic heterocycles. The maximum atomic E-state index is 12.2. The van der Waals surface area contributed by atoms with Crippen LogP contribution in [-0.2, 0) is 4.74 Å². The van der Waals surface area contributed by atoms with E-state index in [4.69, 9.17) is 15.9 Å². The number of nitrogens with two attached hydrogens (primary N) is 1. The number of rotatable bonds is 9. The molecule has 0 aliphatic rings. The number of amides is 2. The Morgan fingerprint density at radius 3 is 1.64 bits per heavy atom. The van der Waals surface area contributed by atoms with Crippen LogP contribution in [0.4, 0.5) is 4.79 Å². The van der Waals surface area contributed by atoms with Gasteiger partial charge in [0.1, 0.15) is 0 Å². The van der Waals surface area contributed by atoms with Crippen LogP contribution < -0.4 is 21.6 Å². The fourth-order valence-electron chi connectivity index (χ4n) is 4.08. The molecule has 2 amide bonds. The number of likely N-dealkylation sites (N-methyl/N-ethyl adjacent to an activating group) is 1. The first-order chi connectivity index (χ1) is 16.0. The van der Waals surface area contributed by atoms with Crippen LogP contribution in [0.3, 0.4) is 0 Å². The van der Waals surface area contributed by atoms with Gasteiger partial charge in [0.15, 0.2) is 0 Å². The minimum atomic E-state index is -2.31. The van der Waals surface area contributed by atoms with E-state index in [9.17, 15) is 4.79 Å². The molecule has 0 spiro atoms. The zero-order valence-electron chi connectivity index (χ0n) is 19.3. The van der Waals surface area contributed by atoms with Gasteiger partial charge in [0.25, 0.3) is 0 Å². The minimum absolute atomic E-state index is 0.280. The number of guanidine groups is 1. The molecule has 0 aliphatic carbocycles. The third kappa shape index (κ3) is 5.78. The van der Waals surface area contributed by atoms with Crippen LogP contribution in [0.2, 0.25) is 0 Å². The van der Waals surface area contributed by atoms with E-state index >= 15 is 0 Å². The van der Waals surface area contributed by atoms with Crippen LogP contribution in [0.1, 0.15) is 0 Å². The van der Waals surface area contributed by atoms with Crippen molar-refractivity contribution in [2.24, 2.45) is 5.73 Å². The average Bonchev–Trinajstić information content (AvgIpc) is 2.86. The van der Waals surface area contributed by atoms with Gasteiger partial charge in [-0.2, -0.15) is 0 Å². The third-order valence-electron chi connectivity index (χ3n) is 5.97. The fourth-order valence-corrected chi connectivity index (χ4v) is 8.69. The summed E-state index contributed by atoms with van der Waals surface area (Å²) in [5.41, 5.74) is 5.40. The molecule has 3 aromatic rings. The van der Waals surface area contributed by atoms with Gasteiger partial charge in [0.2, 0.25) is 0 Å². The Morgan fingerprint density at radius 1 is 0.818 bits per heavy atom. The zero-order chi connectivity index (χ0) is 23.7. The van der Waals surface area contributed by atoms with Gasteiger partial charge in [0, 0.05) is 0 Å². The van der Waals surface area contributed by atoms with E-state index < -0.39 is 7.26 Å². The Balaban J connectivity index is 1.79. The molecule has 0 saturated heterocycles. The monoisotopic (exact) mass is 464 g/mol. The van der Waals surface area contributed by atoms with Crippen molar-refractivity contribution < 1.29 is 9.53 Å². The number of carbonyl (C=O) groups excluding carboxylic acids is 1. The summed E-state index contributed by atoms with van der Waals surface area (Å²) >= 11 is 0. The van der Waals surface area contributed by atoms with E-state index in [-0.39, 0.29) is 12.0 Å². The summed E-state index contributed by atoms with van der Waals surface area (Å²) in [6.07, 6.45) is 0.885. The molecule has 3 N–H and O–H groups in total. The molecular weight excluding hydrogens is 431 g/mol. The average molecular weight is 465 g/mol. The van der Waals surface area contributed by atoms with Crippen LogP contribution in [0.25, 0.3) is 0 Å². The number of nitrogens with zero attached hydrogens (tertiary/aromatic N) is 2. The second-order valence-electron chi connectivity index (χ2n) is 8.01. The van der Waals surface area contributed by atoms with Crippen molar-refractivity contribution in [3.63, 3.8) is 0 Å². The summed E-state index contributed by atoms with van der Waals surface area (Å²) in [6.45, 7) is 1.42. The van der Waals surface area contributed by atoms with Gasteiger partial charge in [-0.1, -0.05) is 0 Å². The van der Waals surface area contributed by atoms with E-state index in [0.29, 0.717) is 19.8 Å². The van der Waals surface area contributed by atoms with Gasteiger partial charge >= 0.3 is 197 Å². The second kappa shape index (κ2) is 11.6. The van der Waals surface area contributed by atoms with Gasteiger partial charge in [-0.25, -0.2) is 0 Å². The van der Waals surface area contributed by atoms with Crippen LogP contribution in [0.15, 0.2) is 91.0 Å². The van der Waals surface area contributed by atoms with Crippen molar-refractivity contribution in [1.82, 2.24) is 9.80 Å². The molecule has 3 rings (SSSR count). The molecule has 174 valence electrons. The number of carbonyl (C=O) groups is 1. The molecule has 6 nitrogen and oxygen atoms in total. The molecule has 0 unspecified atom stereocenters. The predicted molar refractivity (Wildman–Crippen MR) is 140 cm³/mol. The van der Waals surface area contributed by atoms with Gasteiger partial charge in [-0.3, -0.25) is 0 Å². The van der Waals surface area contributed by atoms with Gasteiger partial charge in [-0.05, 0) is 0 Å². The normalized spacial score (nSPS) is 11.6. The SMILES string of the molecule is CN(CCOCC[PH](c1ccccc1)(c1ccccc1)c1ccccc1)C(=O)N(C)C(=N)N. The number of hydrogen-bond donors (Lipinski definition) is 2. The molecule has 0 atom stereocenters. The molecule has 0 radical (unpaired) electrons. The van der Waals surface area contributed by atoms with Crippen molar-refractivity contribution in [1.29, 1.82) is 5.41 Å². The Bertz CT molecular complexity index is 935. The van der Waals surface area contributed by atoms with Crippen molar-refractivity contribution in [2.75, 3.05) is 40.0 Å². The van der Waals surface area contributed by atoms with Crippen molar-refractivity contribution in [2.45, 2.75) is 0 Å². The van der Waals surface area contributed by atoms with Gasteiger partial charge < -0.3 is 0 Å². The van der Waals surface area contributed by atoms with E-state index in [1.807, 2.05) is 0 Å². The first kappa shape index (κ1) is 24.4. The summed E-state index contributed by atoms with van der Waals surface area (Å²) in [7, 11) is 0.856. The Morgan fingerprint density at radius 2 is 1.24 bits per heavy atom. The number of hydrogen-bond acceptors (Lipinski definition) is 3. The van der Waals surface area contributed by atoms with Crippen molar-refractivity contribution >= 4 is 35.2 Å². The molecule has 3 aromatic carbocycles. The maximum absolute atomic E-state index is 12.2. The van der Waals surface area contributed by atoms with Crippen LogP contribution in [0, 0.1) is 5.41 Å². The molecule has 0 heterocycles. The summed E-state index contributed by atoms with van der Waals surface area (Å²) < 4.78 is 6.05. The third-order valence-corrected chi connectivity index (χ3v) is 10.9. The van der Waals surface area contributed by atoms with Gasteiger partial charge in [0.05, 0.1) is 0 Å². The summed E-state index contributed by atoms with van der Waals surface area (Å²) in [5.74, 6) is -0.280. The Kier molecular flexibility index (Phi) is 8.58. The first-order valence-corrected chi connectivity index (χ1v) is 13.2. The molecule has 7 heteroatoms. The van der Waals surface area contributed by atoms with Crippen LogP contribution >= 0.6 is 7.26 Å². The summed E-state index contributed by atoms with van der Waals surface area (Å²) in [5, 5.41) is 11.5. The van der Waals surface area contributed by atoms with E-state index in [1.54, 1.807) is 7.05 Å². The quantitative estimate of drug-likeness (QED) is 0.221. The number of nitrogens with one attached hydrogen (secondary N) is 1. The first-order valence-electron chi connectivity index (χ1n) is 11.0. The molecule has 0 fully saturated rings. The Labute approximate surface area is 196 Å². The fraction of sp³-hybridized carbons (Fsp3) is 0.231. The van der Waals surface area contributed by atoms with Crippen LogP contribution in [0.5, 0.6) is 0 Å². The van der Waals surface area contributed by atoms with E-state index in [1.165, 1.54) is 27.9 Å². The molecule has 33 heavy (non-hydrogen) atoms. The molecule has 0 bridgehead atoms. The van der Waals surface area contributed by atoms with E-state index in [2.05, 4.69) is 91.0 Å². The van der Waals surface area contributed by atoms with Crippen LogP contribution in [-0.4, -0.2) is 61.8 Å². The molecular formula is C26H33N4O2P. The van der Waals surface area contributed by atoms with Crippen molar-refractivity contribution in [3.8, 4) is 0 Å². The van der Waals surface area contributed by atoms with Crippen molar-refractivity contribution in [3.05, 3.63) is 91.0 Å². The second-order valence-corrected chi connectivity index (χ2v) is 12.1. The predicted octanol–water partition coefficient (Wildman–Crippen LogP) is 2.61. The summed E-state index contributed by atoms with van der Waals surface area (Å²) in [6, 6.07) is 31.9. The standard InChI is InChI=1S/C26H33N4O2P/c1-29(26(31)30(2)25(27)28)18-19-32-20-21-33(22-12-6-3-7-13-22,23-14-8-4-9-15-23)24-16-10-5-11-17-24/h3-17,33H,18-21H2,1-2H3,(H3,27,28). The summed E-state index contributed by atoms with van der Waals surface area (Å²) in [4.78, 5) is 14.9. The van der Waals surface area contributed by atoms with E-state index in [0.717, 1.165) is 11.1 Å². The number of urea groups is 1. The molecule has 0 saturated carbocycles.